The molecule has 0 aliphatic carbocycles. The molecule has 1 unspecified atom stereocenters. The lowest BCUT2D eigenvalue weighted by Gasteiger charge is -2.13. The molecule has 0 fully saturated rings. The number of aliphatic carboxylic acids is 1. The average Bonchev–Trinajstić information content (AvgIpc) is 2.26. The Morgan fingerprint density at radius 3 is 2.29 bits per heavy atom. The van der Waals surface area contributed by atoms with E-state index in [9.17, 15) is 4.79 Å². The molecule has 0 amide bonds. The maximum atomic E-state index is 10.4. The van der Waals surface area contributed by atoms with Crippen molar-refractivity contribution in [2.75, 3.05) is 6.61 Å². The van der Waals surface area contributed by atoms with E-state index in [2.05, 4.69) is 26.0 Å². The van der Waals surface area contributed by atoms with Gasteiger partial charge in [-0.3, -0.25) is 0 Å². The number of carboxylic acids is 1. The second-order valence-electron chi connectivity index (χ2n) is 4.69. The van der Waals surface area contributed by atoms with Crippen LogP contribution in [0.4, 0.5) is 0 Å². The van der Waals surface area contributed by atoms with E-state index in [0.29, 0.717) is 5.92 Å². The fourth-order valence-electron chi connectivity index (χ4n) is 1.69. The third-order valence-electron chi connectivity index (χ3n) is 2.55. The predicted octanol–water partition coefficient (Wildman–Crippen LogP) is 3.05. The smallest absolute Gasteiger partial charge is 0.329 e. The van der Waals surface area contributed by atoms with Crippen LogP contribution in [0.5, 0.6) is 0 Å². The molecule has 0 heterocycles. The first-order valence-electron chi connectivity index (χ1n) is 5.91. The summed E-state index contributed by atoms with van der Waals surface area (Å²) in [5, 5.41) is 8.53. The molecule has 1 aromatic carbocycles. The van der Waals surface area contributed by atoms with Gasteiger partial charge in [0.2, 0.25) is 0 Å². The van der Waals surface area contributed by atoms with Crippen LogP contribution in [-0.2, 0) is 16.0 Å². The number of carboxylic acid groups (broad SMARTS) is 1. The standard InChI is InChI=1S/C14H20O3/c1-10(2)8-12-4-6-13(7-5-12)11(3)17-9-14(15)16/h4-7,10-11H,8-9H2,1-3H3,(H,15,16). The van der Waals surface area contributed by atoms with Crippen molar-refractivity contribution in [2.45, 2.75) is 33.3 Å². The van der Waals surface area contributed by atoms with Gasteiger partial charge in [0.05, 0.1) is 6.10 Å². The van der Waals surface area contributed by atoms with E-state index in [1.807, 2.05) is 19.1 Å². The van der Waals surface area contributed by atoms with Crippen molar-refractivity contribution in [2.24, 2.45) is 5.92 Å². The van der Waals surface area contributed by atoms with Gasteiger partial charge in [0, 0.05) is 0 Å². The van der Waals surface area contributed by atoms with E-state index < -0.39 is 5.97 Å². The van der Waals surface area contributed by atoms with Gasteiger partial charge in [-0.1, -0.05) is 38.1 Å². The lowest BCUT2D eigenvalue weighted by atomic mass is 10.0. The first kappa shape index (κ1) is 13.7. The molecule has 1 N–H and O–H groups in total. The van der Waals surface area contributed by atoms with Crippen LogP contribution in [0.3, 0.4) is 0 Å². The van der Waals surface area contributed by atoms with E-state index >= 15 is 0 Å². The summed E-state index contributed by atoms with van der Waals surface area (Å²) >= 11 is 0. The normalized spacial score (nSPS) is 12.7. The predicted molar refractivity (Wildman–Crippen MR) is 67.0 cm³/mol. The first-order valence-corrected chi connectivity index (χ1v) is 5.91. The SMILES string of the molecule is CC(C)Cc1ccc(C(C)OCC(=O)O)cc1. The van der Waals surface area contributed by atoms with Crippen LogP contribution in [0.25, 0.3) is 0 Å². The topological polar surface area (TPSA) is 46.5 Å². The molecule has 1 rings (SSSR count). The minimum Gasteiger partial charge on any atom is -0.480 e. The molecule has 0 spiro atoms. The van der Waals surface area contributed by atoms with Gasteiger partial charge < -0.3 is 9.84 Å². The second-order valence-corrected chi connectivity index (χ2v) is 4.69. The summed E-state index contributed by atoms with van der Waals surface area (Å²) in [6.07, 6.45) is 0.879. The van der Waals surface area contributed by atoms with Crippen molar-refractivity contribution in [1.29, 1.82) is 0 Å². The van der Waals surface area contributed by atoms with Gasteiger partial charge in [-0.15, -0.1) is 0 Å². The molecule has 0 aromatic heterocycles. The zero-order valence-corrected chi connectivity index (χ0v) is 10.6. The maximum absolute atomic E-state index is 10.4. The highest BCUT2D eigenvalue weighted by atomic mass is 16.5. The highest BCUT2D eigenvalue weighted by Gasteiger charge is 2.08. The summed E-state index contributed by atoms with van der Waals surface area (Å²) in [6, 6.07) is 8.17. The Hall–Kier alpha value is -1.35. The van der Waals surface area contributed by atoms with Crippen molar-refractivity contribution in [1.82, 2.24) is 0 Å². The Kier molecular flexibility index (Phi) is 5.16. The Labute approximate surface area is 102 Å². The number of carbonyl (C=O) groups is 1. The molecule has 94 valence electrons. The molecular formula is C14H20O3. The van der Waals surface area contributed by atoms with E-state index in [0.717, 1.165) is 12.0 Å². The van der Waals surface area contributed by atoms with Crippen LogP contribution in [0.2, 0.25) is 0 Å². The molecule has 17 heavy (non-hydrogen) atoms. The number of ether oxygens (including phenoxy) is 1. The van der Waals surface area contributed by atoms with Gasteiger partial charge in [-0.2, -0.15) is 0 Å². The van der Waals surface area contributed by atoms with Crippen LogP contribution < -0.4 is 0 Å². The van der Waals surface area contributed by atoms with Gasteiger partial charge in [-0.05, 0) is 30.4 Å². The largest absolute Gasteiger partial charge is 0.480 e. The van der Waals surface area contributed by atoms with Crippen LogP contribution in [0.1, 0.15) is 38.0 Å². The summed E-state index contributed by atoms with van der Waals surface area (Å²) in [7, 11) is 0. The molecule has 0 saturated carbocycles. The number of hydrogen-bond acceptors (Lipinski definition) is 2. The Bertz CT molecular complexity index is 354. The average molecular weight is 236 g/mol. The molecule has 1 aromatic rings. The summed E-state index contributed by atoms with van der Waals surface area (Å²) in [5.74, 6) is -0.296. The molecule has 0 saturated heterocycles. The van der Waals surface area contributed by atoms with Crippen LogP contribution in [0.15, 0.2) is 24.3 Å². The molecule has 1 atom stereocenters. The van der Waals surface area contributed by atoms with Crippen LogP contribution in [0, 0.1) is 5.92 Å². The summed E-state index contributed by atoms with van der Waals surface area (Å²) in [6.45, 7) is 5.98. The maximum Gasteiger partial charge on any atom is 0.329 e. The molecule has 3 heteroatoms. The van der Waals surface area contributed by atoms with Gasteiger partial charge >= 0.3 is 5.97 Å². The first-order chi connectivity index (χ1) is 7.99. The van der Waals surface area contributed by atoms with Crippen molar-refractivity contribution in [3.05, 3.63) is 35.4 Å². The number of hydrogen-bond donors (Lipinski definition) is 1. The quantitative estimate of drug-likeness (QED) is 0.825. The van der Waals surface area contributed by atoms with Crippen molar-refractivity contribution in [3.63, 3.8) is 0 Å². The van der Waals surface area contributed by atoms with Crippen LogP contribution in [-0.4, -0.2) is 17.7 Å². The summed E-state index contributed by atoms with van der Waals surface area (Å²) in [5.41, 5.74) is 2.31. The molecule has 0 radical (unpaired) electrons. The lowest BCUT2D eigenvalue weighted by Crippen LogP contribution is -2.10. The Morgan fingerprint density at radius 2 is 1.82 bits per heavy atom. The van der Waals surface area contributed by atoms with Crippen molar-refractivity contribution < 1.29 is 14.6 Å². The highest BCUT2D eigenvalue weighted by molar-refractivity contribution is 5.68. The van der Waals surface area contributed by atoms with Gasteiger partial charge in [0.25, 0.3) is 0 Å². The summed E-state index contributed by atoms with van der Waals surface area (Å²) in [4.78, 5) is 10.4. The minimum atomic E-state index is -0.937. The van der Waals surface area contributed by atoms with Gasteiger partial charge in [0.1, 0.15) is 6.61 Å². The third kappa shape index (κ3) is 5.00. The zero-order chi connectivity index (χ0) is 12.8. The van der Waals surface area contributed by atoms with E-state index in [1.54, 1.807) is 0 Å². The number of rotatable bonds is 6. The van der Waals surface area contributed by atoms with E-state index in [4.69, 9.17) is 9.84 Å². The summed E-state index contributed by atoms with van der Waals surface area (Å²) < 4.78 is 5.21. The fraction of sp³-hybridized carbons (Fsp3) is 0.500. The molecule has 3 nitrogen and oxygen atoms in total. The van der Waals surface area contributed by atoms with Crippen molar-refractivity contribution >= 4 is 5.97 Å². The van der Waals surface area contributed by atoms with E-state index in [-0.39, 0.29) is 12.7 Å². The van der Waals surface area contributed by atoms with E-state index in [1.165, 1.54) is 5.56 Å². The molecular weight excluding hydrogens is 216 g/mol. The van der Waals surface area contributed by atoms with Gasteiger partial charge in [0.15, 0.2) is 0 Å². The fourth-order valence-corrected chi connectivity index (χ4v) is 1.69. The monoisotopic (exact) mass is 236 g/mol. The molecule has 0 bridgehead atoms. The third-order valence-corrected chi connectivity index (χ3v) is 2.55. The number of benzene rings is 1. The van der Waals surface area contributed by atoms with Crippen LogP contribution >= 0.6 is 0 Å². The Morgan fingerprint density at radius 1 is 1.24 bits per heavy atom. The molecule has 0 aliphatic rings. The molecule has 0 aliphatic heterocycles. The van der Waals surface area contributed by atoms with Crippen molar-refractivity contribution in [3.8, 4) is 0 Å². The zero-order valence-electron chi connectivity index (χ0n) is 10.6. The second kappa shape index (κ2) is 6.40. The van der Waals surface area contributed by atoms with Gasteiger partial charge in [-0.25, -0.2) is 4.79 Å². The lowest BCUT2D eigenvalue weighted by molar-refractivity contribution is -0.144. The highest BCUT2D eigenvalue weighted by Crippen LogP contribution is 2.18. The minimum absolute atomic E-state index is 0.181. The Balaban J connectivity index is 2.57.